The summed E-state index contributed by atoms with van der Waals surface area (Å²) in [7, 11) is 0. The second kappa shape index (κ2) is 7.19. The van der Waals surface area contributed by atoms with Gasteiger partial charge in [0.05, 0.1) is 4.92 Å². The second-order valence-electron chi connectivity index (χ2n) is 7.68. The Morgan fingerprint density at radius 1 is 0.733 bits per heavy atom. The number of non-ortho nitro benzene ring substituents is 1. The minimum atomic E-state index is -0.416. The first-order valence-electron chi connectivity index (χ1n) is 9.84. The van der Waals surface area contributed by atoms with Gasteiger partial charge >= 0.3 is 0 Å². The summed E-state index contributed by atoms with van der Waals surface area (Å²) in [6.07, 6.45) is 8.64. The molecule has 0 spiro atoms. The molecule has 0 saturated heterocycles. The normalized spacial score (nSPS) is 13.5. The van der Waals surface area contributed by atoms with Crippen LogP contribution in [0.25, 0.3) is 11.1 Å². The van der Waals surface area contributed by atoms with Crippen molar-refractivity contribution < 1.29 is 4.92 Å². The molecule has 0 fully saturated rings. The molecule has 0 bridgehead atoms. The van der Waals surface area contributed by atoms with Gasteiger partial charge in [0.1, 0.15) is 0 Å². The number of nitro groups is 1. The van der Waals surface area contributed by atoms with Crippen molar-refractivity contribution in [2.45, 2.75) is 18.3 Å². The van der Waals surface area contributed by atoms with E-state index in [0.717, 1.165) is 40.7 Å². The molecule has 1 aliphatic carbocycles. The second-order valence-corrected chi connectivity index (χ2v) is 7.68. The first kappa shape index (κ1) is 18.2. The minimum Gasteiger partial charge on any atom is -0.265 e. The van der Waals surface area contributed by atoms with Crippen LogP contribution in [0.1, 0.15) is 22.3 Å². The summed E-state index contributed by atoms with van der Waals surface area (Å²) < 4.78 is 0. The molecule has 5 heteroatoms. The number of fused-ring (bicyclic) bond motifs is 3. The molecule has 1 aliphatic rings. The Labute approximate surface area is 174 Å². The van der Waals surface area contributed by atoms with Gasteiger partial charge in [-0.25, -0.2) is 0 Å². The lowest BCUT2D eigenvalue weighted by Crippen LogP contribution is -2.31. The van der Waals surface area contributed by atoms with Crippen LogP contribution >= 0.6 is 0 Å². The molecule has 0 radical (unpaired) electrons. The van der Waals surface area contributed by atoms with Crippen LogP contribution in [0.3, 0.4) is 0 Å². The van der Waals surface area contributed by atoms with Gasteiger partial charge in [-0.2, -0.15) is 0 Å². The van der Waals surface area contributed by atoms with Gasteiger partial charge < -0.3 is 0 Å². The van der Waals surface area contributed by atoms with Gasteiger partial charge in [-0.15, -0.1) is 0 Å². The zero-order valence-corrected chi connectivity index (χ0v) is 16.2. The molecule has 30 heavy (non-hydrogen) atoms. The molecule has 146 valence electrons. The average molecular weight is 393 g/mol. The third kappa shape index (κ3) is 2.95. The fourth-order valence-corrected chi connectivity index (χ4v) is 4.70. The summed E-state index contributed by atoms with van der Waals surface area (Å²) in [4.78, 5) is 19.6. The van der Waals surface area contributed by atoms with Crippen LogP contribution in [0.4, 0.5) is 5.69 Å². The van der Waals surface area contributed by atoms with E-state index in [-0.39, 0.29) is 10.6 Å². The van der Waals surface area contributed by atoms with Crippen LogP contribution in [0.5, 0.6) is 0 Å². The molecule has 0 unspecified atom stereocenters. The number of hydrogen-bond acceptors (Lipinski definition) is 4. The molecule has 4 aromatic rings. The highest BCUT2D eigenvalue weighted by molar-refractivity contribution is 5.82. The van der Waals surface area contributed by atoms with E-state index in [0.29, 0.717) is 0 Å². The summed E-state index contributed by atoms with van der Waals surface area (Å²) in [6.45, 7) is 0. The quantitative estimate of drug-likeness (QED) is 0.348. The van der Waals surface area contributed by atoms with Crippen LogP contribution in [0.2, 0.25) is 0 Å². The zero-order valence-electron chi connectivity index (χ0n) is 16.2. The Kier molecular flexibility index (Phi) is 4.36. The van der Waals surface area contributed by atoms with Crippen LogP contribution in [0, 0.1) is 10.1 Å². The van der Waals surface area contributed by atoms with Crippen LogP contribution in [-0.2, 0) is 18.3 Å². The summed E-state index contributed by atoms with van der Waals surface area (Å²) in [6, 6.07) is 21.7. The van der Waals surface area contributed by atoms with E-state index in [4.69, 9.17) is 0 Å². The molecule has 0 atom stereocenters. The van der Waals surface area contributed by atoms with Gasteiger partial charge in [0.2, 0.25) is 0 Å². The van der Waals surface area contributed by atoms with Crippen molar-refractivity contribution in [3.8, 4) is 11.1 Å². The van der Waals surface area contributed by atoms with Gasteiger partial charge in [0.15, 0.2) is 0 Å². The predicted molar refractivity (Wildman–Crippen MR) is 115 cm³/mol. The fraction of sp³-hybridized carbons (Fsp3) is 0.120. The third-order valence-corrected chi connectivity index (χ3v) is 5.97. The molecule has 2 aromatic carbocycles. The summed E-state index contributed by atoms with van der Waals surface area (Å²) in [5.74, 6) is 0. The van der Waals surface area contributed by atoms with E-state index in [9.17, 15) is 10.1 Å². The summed E-state index contributed by atoms with van der Waals surface area (Å²) in [5.41, 5.74) is 6.42. The standard InChI is InChI=1S/C25H19N3O2/c29-28(30)20-5-6-22-21-3-1-2-4-23(21)25(24(22)15-20,16-18-7-11-26-12-8-18)17-19-9-13-27-14-10-19/h1-15H,16-17H2. The number of nitro benzene ring substituents is 1. The van der Waals surface area contributed by atoms with Crippen LogP contribution < -0.4 is 0 Å². The van der Waals surface area contributed by atoms with Crippen molar-refractivity contribution in [1.29, 1.82) is 0 Å². The van der Waals surface area contributed by atoms with Crippen molar-refractivity contribution in [1.82, 2.24) is 9.97 Å². The van der Waals surface area contributed by atoms with E-state index in [1.54, 1.807) is 36.9 Å². The fourth-order valence-electron chi connectivity index (χ4n) is 4.70. The van der Waals surface area contributed by atoms with Gasteiger partial charge in [-0.3, -0.25) is 20.1 Å². The van der Waals surface area contributed by atoms with Gasteiger partial charge in [-0.05, 0) is 76.6 Å². The third-order valence-electron chi connectivity index (χ3n) is 5.97. The molecule has 5 rings (SSSR count). The predicted octanol–water partition coefficient (Wildman–Crippen LogP) is 5.14. The topological polar surface area (TPSA) is 68.9 Å². The molecular formula is C25H19N3O2. The molecule has 0 N–H and O–H groups in total. The van der Waals surface area contributed by atoms with E-state index in [2.05, 4.69) is 22.1 Å². The maximum atomic E-state index is 11.6. The molecule has 0 amide bonds. The van der Waals surface area contributed by atoms with E-state index in [1.807, 2.05) is 42.5 Å². The van der Waals surface area contributed by atoms with Crippen molar-refractivity contribution in [3.05, 3.63) is 124 Å². The van der Waals surface area contributed by atoms with Gasteiger partial charge in [0, 0.05) is 42.3 Å². The number of pyridine rings is 2. The van der Waals surface area contributed by atoms with Crippen molar-refractivity contribution >= 4 is 5.69 Å². The number of nitrogens with zero attached hydrogens (tertiary/aromatic N) is 3. The highest BCUT2D eigenvalue weighted by Gasteiger charge is 2.44. The highest BCUT2D eigenvalue weighted by Crippen LogP contribution is 2.53. The molecule has 0 aliphatic heterocycles. The number of benzene rings is 2. The Bertz CT molecular complexity index is 1180. The molecular weight excluding hydrogens is 374 g/mol. The van der Waals surface area contributed by atoms with Crippen molar-refractivity contribution in [2.24, 2.45) is 0 Å². The Morgan fingerprint density at radius 3 is 1.90 bits per heavy atom. The number of hydrogen-bond donors (Lipinski definition) is 0. The lowest BCUT2D eigenvalue weighted by Gasteiger charge is -2.32. The molecule has 2 aromatic heterocycles. The molecule has 0 saturated carbocycles. The maximum Gasteiger partial charge on any atom is 0.269 e. The van der Waals surface area contributed by atoms with Crippen LogP contribution in [-0.4, -0.2) is 14.9 Å². The molecule has 2 heterocycles. The lowest BCUT2D eigenvalue weighted by molar-refractivity contribution is -0.384. The van der Waals surface area contributed by atoms with Gasteiger partial charge in [0.25, 0.3) is 5.69 Å². The zero-order chi connectivity index (χ0) is 20.6. The smallest absolute Gasteiger partial charge is 0.265 e. The summed E-state index contributed by atoms with van der Waals surface area (Å²) in [5, 5.41) is 11.6. The minimum absolute atomic E-state index is 0.121. The Hall–Kier alpha value is -3.86. The van der Waals surface area contributed by atoms with Crippen molar-refractivity contribution in [3.63, 3.8) is 0 Å². The van der Waals surface area contributed by atoms with Gasteiger partial charge in [-0.1, -0.05) is 24.3 Å². The van der Waals surface area contributed by atoms with Crippen LogP contribution in [0.15, 0.2) is 91.5 Å². The monoisotopic (exact) mass is 393 g/mol. The largest absolute Gasteiger partial charge is 0.269 e. The van der Waals surface area contributed by atoms with E-state index < -0.39 is 5.41 Å². The Morgan fingerprint density at radius 2 is 1.30 bits per heavy atom. The average Bonchev–Trinajstić information content (AvgIpc) is 3.04. The highest BCUT2D eigenvalue weighted by atomic mass is 16.6. The first-order chi connectivity index (χ1) is 14.7. The first-order valence-corrected chi connectivity index (χ1v) is 9.84. The molecule has 5 nitrogen and oxygen atoms in total. The number of rotatable bonds is 5. The van der Waals surface area contributed by atoms with E-state index >= 15 is 0 Å². The van der Waals surface area contributed by atoms with Crippen molar-refractivity contribution in [2.75, 3.05) is 0 Å². The maximum absolute atomic E-state index is 11.6. The lowest BCUT2D eigenvalue weighted by atomic mass is 9.69. The Balaban J connectivity index is 1.78. The SMILES string of the molecule is O=[N+]([O-])c1ccc2c(c1)C(Cc1ccncc1)(Cc1ccncc1)c1ccccc1-2. The number of aromatic nitrogens is 2. The summed E-state index contributed by atoms with van der Waals surface area (Å²) >= 11 is 0. The van der Waals surface area contributed by atoms with E-state index in [1.165, 1.54) is 5.56 Å².